The van der Waals surface area contributed by atoms with Crippen molar-refractivity contribution in [3.63, 3.8) is 0 Å². The van der Waals surface area contributed by atoms with E-state index in [0.717, 1.165) is 22.3 Å². The van der Waals surface area contributed by atoms with Crippen LogP contribution < -0.4 is 9.62 Å². The van der Waals surface area contributed by atoms with Crippen molar-refractivity contribution in [1.82, 2.24) is 5.32 Å². The number of nitrogens with one attached hydrogen (secondary N) is 1. The zero-order valence-electron chi connectivity index (χ0n) is 18.1. The van der Waals surface area contributed by atoms with Crippen LogP contribution in [0.1, 0.15) is 35.2 Å². The molecular formula is C25H26N2O3S. The highest BCUT2D eigenvalue weighted by Gasteiger charge is 2.36. The Hall–Kier alpha value is -3.12. The number of sulfonamides is 1. The number of aryl methyl sites for hydroxylation is 3. The second-order valence-corrected chi connectivity index (χ2v) is 9.99. The molecule has 3 aromatic carbocycles. The molecule has 160 valence electrons. The minimum atomic E-state index is -3.84. The number of hydrogen-bond acceptors (Lipinski definition) is 3. The highest BCUT2D eigenvalue weighted by molar-refractivity contribution is 7.93. The molecule has 1 aliphatic rings. The van der Waals surface area contributed by atoms with Crippen molar-refractivity contribution in [2.45, 2.75) is 38.6 Å². The molecule has 0 saturated carbocycles. The molecule has 0 aliphatic carbocycles. The van der Waals surface area contributed by atoms with Gasteiger partial charge in [-0.3, -0.25) is 9.10 Å². The molecule has 31 heavy (non-hydrogen) atoms. The lowest BCUT2D eigenvalue weighted by Crippen LogP contribution is -2.43. The van der Waals surface area contributed by atoms with Crippen molar-refractivity contribution >= 4 is 21.6 Å². The van der Waals surface area contributed by atoms with Gasteiger partial charge in [-0.05, 0) is 62.6 Å². The van der Waals surface area contributed by atoms with Crippen LogP contribution in [0.4, 0.5) is 5.69 Å². The first-order chi connectivity index (χ1) is 14.7. The Morgan fingerprint density at radius 1 is 0.935 bits per heavy atom. The third-order valence-electron chi connectivity index (χ3n) is 5.86. The summed E-state index contributed by atoms with van der Waals surface area (Å²) < 4.78 is 28.0. The number of anilines is 1. The number of hydrogen-bond donors (Lipinski definition) is 1. The average Bonchev–Trinajstić information content (AvgIpc) is 2.73. The van der Waals surface area contributed by atoms with Gasteiger partial charge in [0, 0.05) is 11.1 Å². The molecular weight excluding hydrogens is 408 g/mol. The zero-order chi connectivity index (χ0) is 22.3. The lowest BCUT2D eigenvalue weighted by atomic mass is 10.0. The summed E-state index contributed by atoms with van der Waals surface area (Å²) >= 11 is 0. The number of carbonyl (C=O) groups is 1. The van der Waals surface area contributed by atoms with Gasteiger partial charge in [-0.2, -0.15) is 0 Å². The van der Waals surface area contributed by atoms with Crippen LogP contribution in [0.2, 0.25) is 0 Å². The first-order valence-corrected chi connectivity index (χ1v) is 11.7. The van der Waals surface area contributed by atoms with Crippen molar-refractivity contribution in [3.05, 3.63) is 82.9 Å². The van der Waals surface area contributed by atoms with Gasteiger partial charge in [-0.25, -0.2) is 8.42 Å². The van der Waals surface area contributed by atoms with Gasteiger partial charge in [0.1, 0.15) is 6.54 Å². The molecule has 1 unspecified atom stereocenters. The van der Waals surface area contributed by atoms with Crippen LogP contribution in [-0.2, 0) is 14.8 Å². The Labute approximate surface area is 183 Å². The van der Waals surface area contributed by atoms with Crippen molar-refractivity contribution in [2.24, 2.45) is 0 Å². The van der Waals surface area contributed by atoms with Crippen molar-refractivity contribution < 1.29 is 13.2 Å². The van der Waals surface area contributed by atoms with Gasteiger partial charge >= 0.3 is 0 Å². The standard InChI is InChI=1S/C25H26N2O3S/c1-16-9-12-23-22(13-16)21-7-5-6-8-24(21)31(29,30)27(23)15-25(28)26-19(4)20-11-10-17(2)18(3)14-20/h5-14,19H,15H2,1-4H3,(H,26,28). The first-order valence-electron chi connectivity index (χ1n) is 10.3. The molecule has 3 aromatic rings. The molecule has 0 bridgehead atoms. The molecule has 1 heterocycles. The monoisotopic (exact) mass is 434 g/mol. The van der Waals surface area contributed by atoms with E-state index >= 15 is 0 Å². The molecule has 0 aromatic heterocycles. The predicted octanol–water partition coefficient (Wildman–Crippen LogP) is 4.66. The van der Waals surface area contributed by atoms with E-state index in [9.17, 15) is 13.2 Å². The Balaban J connectivity index is 1.65. The van der Waals surface area contributed by atoms with Gasteiger partial charge in [-0.15, -0.1) is 0 Å². The predicted molar refractivity (Wildman–Crippen MR) is 124 cm³/mol. The molecule has 1 aliphatic heterocycles. The van der Waals surface area contributed by atoms with Gasteiger partial charge in [0.15, 0.2) is 0 Å². The first kappa shape index (κ1) is 21.1. The Morgan fingerprint density at radius 2 is 1.68 bits per heavy atom. The molecule has 1 amide bonds. The van der Waals surface area contributed by atoms with Gasteiger partial charge in [0.05, 0.1) is 16.6 Å². The molecule has 0 spiro atoms. The number of fused-ring (bicyclic) bond motifs is 3. The van der Waals surface area contributed by atoms with E-state index in [1.54, 1.807) is 18.2 Å². The van der Waals surface area contributed by atoms with E-state index in [-0.39, 0.29) is 23.4 Å². The topological polar surface area (TPSA) is 66.5 Å². The van der Waals surface area contributed by atoms with Crippen LogP contribution in [0.5, 0.6) is 0 Å². The summed E-state index contributed by atoms with van der Waals surface area (Å²) in [5.74, 6) is -0.347. The fourth-order valence-corrected chi connectivity index (χ4v) is 5.60. The molecule has 5 nitrogen and oxygen atoms in total. The largest absolute Gasteiger partial charge is 0.348 e. The van der Waals surface area contributed by atoms with Crippen LogP contribution in [0.25, 0.3) is 11.1 Å². The summed E-state index contributed by atoms with van der Waals surface area (Å²) in [6.07, 6.45) is 0. The SMILES string of the molecule is Cc1ccc2c(c1)-c1ccccc1S(=O)(=O)N2CC(=O)NC(C)c1ccc(C)c(C)c1. The van der Waals surface area contributed by atoms with Crippen LogP contribution in [0.15, 0.2) is 65.6 Å². The van der Waals surface area contributed by atoms with Crippen LogP contribution in [0, 0.1) is 20.8 Å². The Bertz CT molecular complexity index is 1280. The van der Waals surface area contributed by atoms with Crippen LogP contribution >= 0.6 is 0 Å². The quantitative estimate of drug-likeness (QED) is 0.649. The summed E-state index contributed by atoms with van der Waals surface area (Å²) in [5.41, 5.74) is 6.37. The average molecular weight is 435 g/mol. The molecule has 0 saturated heterocycles. The second kappa shape index (κ2) is 7.85. The fraction of sp³-hybridized carbons (Fsp3) is 0.240. The van der Waals surface area contributed by atoms with Crippen molar-refractivity contribution in [1.29, 1.82) is 0 Å². The molecule has 6 heteroatoms. The number of rotatable bonds is 4. The zero-order valence-corrected chi connectivity index (χ0v) is 19.0. The second-order valence-electron chi connectivity index (χ2n) is 8.16. The molecule has 1 N–H and O–H groups in total. The Morgan fingerprint density at radius 3 is 2.42 bits per heavy atom. The maximum absolute atomic E-state index is 13.4. The number of benzene rings is 3. The lowest BCUT2D eigenvalue weighted by molar-refractivity contribution is -0.120. The summed E-state index contributed by atoms with van der Waals surface area (Å²) in [4.78, 5) is 13.1. The smallest absolute Gasteiger partial charge is 0.265 e. The summed E-state index contributed by atoms with van der Waals surface area (Å²) in [7, 11) is -3.84. The number of amides is 1. The van der Waals surface area contributed by atoms with E-state index in [0.29, 0.717) is 11.3 Å². The normalized spacial score (nSPS) is 15.0. The highest BCUT2D eigenvalue weighted by Crippen LogP contribution is 2.43. The molecule has 1 atom stereocenters. The van der Waals surface area contributed by atoms with Gasteiger partial charge in [-0.1, -0.05) is 48.0 Å². The van der Waals surface area contributed by atoms with Gasteiger partial charge in [0.2, 0.25) is 5.91 Å². The van der Waals surface area contributed by atoms with E-state index in [4.69, 9.17) is 0 Å². The fourth-order valence-electron chi connectivity index (χ4n) is 3.95. The van der Waals surface area contributed by atoms with E-state index in [2.05, 4.69) is 5.32 Å². The third kappa shape index (κ3) is 3.83. The van der Waals surface area contributed by atoms with Crippen molar-refractivity contribution in [2.75, 3.05) is 10.8 Å². The molecule has 0 radical (unpaired) electrons. The van der Waals surface area contributed by atoms with E-state index in [1.807, 2.05) is 70.2 Å². The summed E-state index contributed by atoms with van der Waals surface area (Å²) in [6, 6.07) is 18.4. The molecule has 4 rings (SSSR count). The summed E-state index contributed by atoms with van der Waals surface area (Å²) in [5, 5.41) is 2.95. The molecule has 0 fully saturated rings. The minimum Gasteiger partial charge on any atom is -0.348 e. The van der Waals surface area contributed by atoms with E-state index < -0.39 is 10.0 Å². The van der Waals surface area contributed by atoms with Crippen LogP contribution in [-0.4, -0.2) is 20.9 Å². The number of nitrogens with zero attached hydrogens (tertiary/aromatic N) is 1. The van der Waals surface area contributed by atoms with E-state index in [1.165, 1.54) is 9.87 Å². The minimum absolute atomic E-state index is 0.225. The maximum Gasteiger partial charge on any atom is 0.265 e. The highest BCUT2D eigenvalue weighted by atomic mass is 32.2. The van der Waals surface area contributed by atoms with Crippen molar-refractivity contribution in [3.8, 4) is 11.1 Å². The Kier molecular flexibility index (Phi) is 5.35. The van der Waals surface area contributed by atoms with Crippen LogP contribution in [0.3, 0.4) is 0 Å². The maximum atomic E-state index is 13.4. The lowest BCUT2D eigenvalue weighted by Gasteiger charge is -2.32. The van der Waals surface area contributed by atoms with Gasteiger partial charge < -0.3 is 5.32 Å². The third-order valence-corrected chi connectivity index (χ3v) is 7.68. The number of carbonyl (C=O) groups excluding carboxylic acids is 1. The summed E-state index contributed by atoms with van der Waals surface area (Å²) in [6.45, 7) is 7.67. The van der Waals surface area contributed by atoms with Gasteiger partial charge in [0.25, 0.3) is 10.0 Å².